The Morgan fingerprint density at radius 2 is 1.97 bits per heavy atom. The van der Waals surface area contributed by atoms with Crippen molar-refractivity contribution in [2.45, 2.75) is 19.3 Å². The highest BCUT2D eigenvalue weighted by molar-refractivity contribution is 7.14. The Kier molecular flexibility index (Phi) is 4.93. The molecule has 1 aliphatic heterocycles. The van der Waals surface area contributed by atoms with Gasteiger partial charge in [0.05, 0.1) is 5.69 Å². The maximum atomic E-state index is 12.4. The average Bonchev–Trinajstić information content (AvgIpc) is 3.38. The summed E-state index contributed by atoms with van der Waals surface area (Å²) in [6, 6.07) is 15.8. The van der Waals surface area contributed by atoms with Gasteiger partial charge in [0.2, 0.25) is 11.8 Å². The number of thiazole rings is 1. The first kappa shape index (κ1) is 18.8. The number of hydrogen-bond donors (Lipinski definition) is 1. The molecule has 1 aromatic heterocycles. The predicted molar refractivity (Wildman–Crippen MR) is 120 cm³/mol. The van der Waals surface area contributed by atoms with E-state index in [4.69, 9.17) is 0 Å². The maximum absolute atomic E-state index is 12.4. The summed E-state index contributed by atoms with van der Waals surface area (Å²) < 4.78 is 0. The molecule has 2 aromatic carbocycles. The Balaban J connectivity index is 1.27. The van der Waals surface area contributed by atoms with E-state index >= 15 is 0 Å². The van der Waals surface area contributed by atoms with Crippen LogP contribution in [0.2, 0.25) is 0 Å². The number of carbonyl (C=O) groups is 2. The minimum atomic E-state index is -0.206. The number of aromatic nitrogens is 1. The zero-order valence-electron chi connectivity index (χ0n) is 16.4. The van der Waals surface area contributed by atoms with Crippen LogP contribution >= 0.6 is 11.3 Å². The topological polar surface area (TPSA) is 62.3 Å². The third-order valence-corrected chi connectivity index (χ3v) is 6.18. The van der Waals surface area contributed by atoms with Crippen molar-refractivity contribution in [3.05, 3.63) is 71.1 Å². The predicted octanol–water partition coefficient (Wildman–Crippen LogP) is 4.76. The Hall–Kier alpha value is -3.25. The smallest absolute Gasteiger partial charge is 0.250 e. The van der Waals surface area contributed by atoms with Gasteiger partial charge < -0.3 is 4.90 Å². The van der Waals surface area contributed by atoms with Crippen LogP contribution < -0.4 is 10.2 Å². The Bertz CT molecular complexity index is 1130. The van der Waals surface area contributed by atoms with Crippen LogP contribution in [0.15, 0.2) is 60.0 Å². The summed E-state index contributed by atoms with van der Waals surface area (Å²) in [6.45, 7) is 0.764. The van der Waals surface area contributed by atoms with Gasteiger partial charge in [0, 0.05) is 35.2 Å². The van der Waals surface area contributed by atoms with Crippen molar-refractivity contribution in [3.63, 3.8) is 0 Å². The first-order valence-corrected chi connectivity index (χ1v) is 11.0. The summed E-state index contributed by atoms with van der Waals surface area (Å²) in [5.74, 6) is 0.294. The standard InChI is InChI=1S/C24H21N3O2S/c28-22(11-6-16-4-2-1-3-5-16)26-24-25-20(15-30-24)18-9-10-21-19(14-18)12-13-27(21)23(29)17-7-8-17/h1-6,9-11,14-15,17H,7-8,12-13H2,(H,25,26,28). The number of nitrogens with zero attached hydrogens (tertiary/aromatic N) is 2. The fourth-order valence-corrected chi connectivity index (χ4v) is 4.41. The molecule has 0 bridgehead atoms. The summed E-state index contributed by atoms with van der Waals surface area (Å²) in [5, 5.41) is 5.34. The number of carbonyl (C=O) groups excluding carboxylic acids is 2. The lowest BCUT2D eigenvalue weighted by molar-refractivity contribution is -0.119. The molecule has 5 rings (SSSR count). The van der Waals surface area contributed by atoms with Crippen LogP contribution in [0.4, 0.5) is 10.8 Å². The number of nitrogens with one attached hydrogen (secondary N) is 1. The number of anilines is 2. The fourth-order valence-electron chi connectivity index (χ4n) is 3.69. The van der Waals surface area contributed by atoms with Gasteiger partial charge in [-0.3, -0.25) is 14.9 Å². The molecule has 2 heterocycles. The number of amides is 2. The SMILES string of the molecule is O=C(C=Cc1ccccc1)Nc1nc(-c2ccc3c(c2)CCN3C(=O)C2CC2)cs1. The molecule has 0 saturated heterocycles. The molecule has 5 nitrogen and oxygen atoms in total. The number of benzene rings is 2. The number of rotatable bonds is 5. The van der Waals surface area contributed by atoms with Gasteiger partial charge >= 0.3 is 0 Å². The summed E-state index contributed by atoms with van der Waals surface area (Å²) in [7, 11) is 0. The van der Waals surface area contributed by atoms with Crippen LogP contribution in [0, 0.1) is 5.92 Å². The molecule has 0 spiro atoms. The Morgan fingerprint density at radius 3 is 2.77 bits per heavy atom. The first-order chi connectivity index (χ1) is 14.7. The van der Waals surface area contributed by atoms with Crippen molar-refractivity contribution in [1.29, 1.82) is 0 Å². The fraction of sp³-hybridized carbons (Fsp3) is 0.208. The van der Waals surface area contributed by atoms with E-state index in [-0.39, 0.29) is 17.7 Å². The molecule has 2 amide bonds. The molecule has 1 N–H and O–H groups in total. The van der Waals surface area contributed by atoms with Crippen molar-refractivity contribution >= 4 is 40.0 Å². The van der Waals surface area contributed by atoms with Gasteiger partial charge in [0.25, 0.3) is 0 Å². The third kappa shape index (κ3) is 3.91. The van der Waals surface area contributed by atoms with Crippen LogP contribution in [-0.4, -0.2) is 23.3 Å². The molecule has 0 radical (unpaired) electrons. The molecule has 30 heavy (non-hydrogen) atoms. The van der Waals surface area contributed by atoms with E-state index in [0.717, 1.165) is 48.3 Å². The summed E-state index contributed by atoms with van der Waals surface area (Å²) >= 11 is 1.40. The van der Waals surface area contributed by atoms with Gasteiger partial charge in [-0.15, -0.1) is 11.3 Å². The Labute approximate surface area is 179 Å². The van der Waals surface area contributed by atoms with Crippen LogP contribution in [0.5, 0.6) is 0 Å². The second kappa shape index (κ2) is 7.88. The van der Waals surface area contributed by atoms with Gasteiger partial charge in [-0.2, -0.15) is 0 Å². The van der Waals surface area contributed by atoms with Gasteiger partial charge in [0.1, 0.15) is 0 Å². The molecular formula is C24H21N3O2S. The van der Waals surface area contributed by atoms with E-state index in [0.29, 0.717) is 5.13 Å². The molecule has 150 valence electrons. The number of hydrogen-bond acceptors (Lipinski definition) is 4. The minimum Gasteiger partial charge on any atom is -0.312 e. The molecule has 1 saturated carbocycles. The van der Waals surface area contributed by atoms with Crippen molar-refractivity contribution < 1.29 is 9.59 Å². The van der Waals surface area contributed by atoms with Crippen molar-refractivity contribution in [3.8, 4) is 11.3 Å². The highest BCUT2D eigenvalue weighted by Gasteiger charge is 2.36. The number of fused-ring (bicyclic) bond motifs is 1. The zero-order valence-corrected chi connectivity index (χ0v) is 17.2. The van der Waals surface area contributed by atoms with Crippen LogP contribution in [0.1, 0.15) is 24.0 Å². The minimum absolute atomic E-state index is 0.206. The second-order valence-corrected chi connectivity index (χ2v) is 8.49. The van der Waals surface area contributed by atoms with Gasteiger partial charge in [0.15, 0.2) is 5.13 Å². The molecule has 3 aromatic rings. The Morgan fingerprint density at radius 1 is 1.13 bits per heavy atom. The molecule has 0 unspecified atom stereocenters. The summed E-state index contributed by atoms with van der Waals surface area (Å²) in [4.78, 5) is 31.1. The van der Waals surface area contributed by atoms with Crippen molar-refractivity contribution in [2.75, 3.05) is 16.8 Å². The van der Waals surface area contributed by atoms with Gasteiger partial charge in [-0.05, 0) is 48.6 Å². The van der Waals surface area contributed by atoms with Crippen molar-refractivity contribution in [1.82, 2.24) is 4.98 Å². The third-order valence-electron chi connectivity index (χ3n) is 5.42. The van der Waals surface area contributed by atoms with Crippen LogP contribution in [-0.2, 0) is 16.0 Å². The second-order valence-electron chi connectivity index (χ2n) is 7.63. The molecule has 6 heteroatoms. The first-order valence-electron chi connectivity index (χ1n) is 10.1. The summed E-state index contributed by atoms with van der Waals surface area (Å²) in [5.41, 5.74) is 5.03. The maximum Gasteiger partial charge on any atom is 0.250 e. The van der Waals surface area contributed by atoms with E-state index < -0.39 is 0 Å². The largest absolute Gasteiger partial charge is 0.312 e. The molecule has 2 aliphatic rings. The van der Waals surface area contributed by atoms with E-state index in [2.05, 4.69) is 16.4 Å². The molecular weight excluding hydrogens is 394 g/mol. The van der Waals surface area contributed by atoms with Crippen LogP contribution in [0.3, 0.4) is 0 Å². The van der Waals surface area contributed by atoms with Gasteiger partial charge in [-0.1, -0.05) is 36.4 Å². The van der Waals surface area contributed by atoms with E-state index in [1.54, 1.807) is 6.08 Å². The summed E-state index contributed by atoms with van der Waals surface area (Å²) in [6.07, 6.45) is 6.21. The van der Waals surface area contributed by atoms with E-state index in [1.165, 1.54) is 23.0 Å². The highest BCUT2D eigenvalue weighted by atomic mass is 32.1. The van der Waals surface area contributed by atoms with Crippen LogP contribution in [0.25, 0.3) is 17.3 Å². The zero-order chi connectivity index (χ0) is 20.5. The van der Waals surface area contributed by atoms with E-state index in [9.17, 15) is 9.59 Å². The van der Waals surface area contributed by atoms with Gasteiger partial charge in [-0.25, -0.2) is 4.98 Å². The monoisotopic (exact) mass is 415 g/mol. The normalized spacial score (nSPS) is 15.4. The highest BCUT2D eigenvalue weighted by Crippen LogP contribution is 2.38. The lowest BCUT2D eigenvalue weighted by atomic mass is 10.1. The molecule has 0 atom stereocenters. The van der Waals surface area contributed by atoms with Crippen molar-refractivity contribution in [2.24, 2.45) is 5.92 Å². The lowest BCUT2D eigenvalue weighted by Crippen LogP contribution is -2.30. The molecule has 1 fully saturated rings. The molecule has 1 aliphatic carbocycles. The average molecular weight is 416 g/mol. The lowest BCUT2D eigenvalue weighted by Gasteiger charge is -2.17. The quantitative estimate of drug-likeness (QED) is 0.611. The van der Waals surface area contributed by atoms with E-state index in [1.807, 2.05) is 52.7 Å².